The number of halogens is 1. The van der Waals surface area contributed by atoms with Crippen molar-refractivity contribution in [2.75, 3.05) is 0 Å². The zero-order valence-corrected chi connectivity index (χ0v) is 12.2. The van der Waals surface area contributed by atoms with Crippen LogP contribution in [0.25, 0.3) is 6.08 Å². The molecule has 0 unspecified atom stereocenters. The molecule has 1 aliphatic heterocycles. The molecule has 7 heteroatoms. The van der Waals surface area contributed by atoms with Crippen molar-refractivity contribution in [3.05, 3.63) is 65.5 Å². The maximum Gasteiger partial charge on any atom is 0.328 e. The summed E-state index contributed by atoms with van der Waals surface area (Å²) in [6.07, 6.45) is 1.32. The number of urea groups is 1. The second-order valence-corrected chi connectivity index (χ2v) is 4.89. The van der Waals surface area contributed by atoms with E-state index in [1.54, 1.807) is 24.3 Å². The Kier molecular flexibility index (Phi) is 4.07. The smallest absolute Gasteiger partial charge is 0.328 e. The number of rotatable bonds is 3. The summed E-state index contributed by atoms with van der Waals surface area (Å²) in [6, 6.07) is 11.3. The highest BCUT2D eigenvalue weighted by Crippen LogP contribution is 2.27. The van der Waals surface area contributed by atoms with Crippen LogP contribution >= 0.6 is 0 Å². The van der Waals surface area contributed by atoms with E-state index in [1.165, 1.54) is 30.3 Å². The lowest BCUT2D eigenvalue weighted by molar-refractivity contribution is -0.123. The van der Waals surface area contributed by atoms with Crippen LogP contribution in [0, 0.1) is 5.82 Å². The van der Waals surface area contributed by atoms with Gasteiger partial charge in [0.25, 0.3) is 11.8 Å². The van der Waals surface area contributed by atoms with Crippen LogP contribution in [-0.2, 0) is 9.59 Å². The molecule has 0 bridgehead atoms. The van der Waals surface area contributed by atoms with Crippen molar-refractivity contribution in [3.8, 4) is 11.5 Å². The van der Waals surface area contributed by atoms with Gasteiger partial charge in [0, 0.05) is 5.56 Å². The molecular weight excluding hydrogens is 315 g/mol. The van der Waals surface area contributed by atoms with Gasteiger partial charge >= 0.3 is 6.03 Å². The van der Waals surface area contributed by atoms with Crippen LogP contribution in [-0.4, -0.2) is 17.8 Å². The van der Waals surface area contributed by atoms with Gasteiger partial charge in [-0.3, -0.25) is 20.2 Å². The van der Waals surface area contributed by atoms with E-state index < -0.39 is 23.7 Å². The molecule has 0 aliphatic carbocycles. The fraction of sp³-hybridized carbons (Fsp3) is 0. The normalized spacial score (nSPS) is 14.0. The highest BCUT2D eigenvalue weighted by atomic mass is 19.1. The minimum atomic E-state index is -0.863. The van der Waals surface area contributed by atoms with Crippen LogP contribution in [0.4, 0.5) is 9.18 Å². The third kappa shape index (κ3) is 3.30. The molecule has 1 aliphatic rings. The molecular formula is C17H11FN2O4. The van der Waals surface area contributed by atoms with Gasteiger partial charge in [-0.25, -0.2) is 9.18 Å². The number of benzene rings is 2. The fourth-order valence-corrected chi connectivity index (χ4v) is 2.08. The largest absolute Gasteiger partial charge is 0.457 e. The molecule has 6 nitrogen and oxygen atoms in total. The summed E-state index contributed by atoms with van der Waals surface area (Å²) in [5.74, 6) is -1.21. The number of hydrogen-bond donors (Lipinski definition) is 2. The maximum absolute atomic E-state index is 13.0. The van der Waals surface area contributed by atoms with Gasteiger partial charge in [0.15, 0.2) is 0 Å². The molecule has 2 aromatic carbocycles. The zero-order valence-electron chi connectivity index (χ0n) is 12.2. The molecule has 1 saturated heterocycles. The predicted molar refractivity (Wildman–Crippen MR) is 82.6 cm³/mol. The molecule has 1 fully saturated rings. The van der Waals surface area contributed by atoms with E-state index in [0.717, 1.165) is 0 Å². The topological polar surface area (TPSA) is 84.5 Å². The number of ether oxygens (including phenoxy) is 1. The minimum absolute atomic E-state index is 0.218. The molecule has 2 N–H and O–H groups in total. The molecule has 120 valence electrons. The second kappa shape index (κ2) is 6.33. The van der Waals surface area contributed by atoms with Crippen LogP contribution in [0.3, 0.4) is 0 Å². The third-order valence-corrected chi connectivity index (χ3v) is 3.20. The van der Waals surface area contributed by atoms with Crippen LogP contribution in [0.1, 0.15) is 5.56 Å². The van der Waals surface area contributed by atoms with Crippen LogP contribution in [0.5, 0.6) is 11.5 Å². The van der Waals surface area contributed by atoms with Crippen molar-refractivity contribution < 1.29 is 23.5 Å². The Morgan fingerprint density at radius 1 is 0.875 bits per heavy atom. The highest BCUT2D eigenvalue weighted by molar-refractivity contribution is 6.31. The van der Waals surface area contributed by atoms with E-state index in [1.807, 2.05) is 10.6 Å². The van der Waals surface area contributed by atoms with Gasteiger partial charge in [-0.15, -0.1) is 0 Å². The minimum Gasteiger partial charge on any atom is -0.457 e. The number of carbonyl (C=O) groups is 3. The number of imide groups is 2. The van der Waals surface area contributed by atoms with Crippen molar-refractivity contribution in [3.63, 3.8) is 0 Å². The number of hydrogen-bond acceptors (Lipinski definition) is 4. The molecule has 0 spiro atoms. The molecule has 3 rings (SSSR count). The molecule has 4 amide bonds. The maximum atomic E-state index is 13.0. The van der Waals surface area contributed by atoms with Crippen LogP contribution in [0.15, 0.2) is 54.1 Å². The molecule has 0 aromatic heterocycles. The summed E-state index contributed by atoms with van der Waals surface area (Å²) in [7, 11) is 0. The number of amides is 4. The summed E-state index contributed by atoms with van der Waals surface area (Å²) in [4.78, 5) is 34.6. The Morgan fingerprint density at radius 3 is 2.17 bits per heavy atom. The lowest BCUT2D eigenvalue weighted by atomic mass is 10.1. The average Bonchev–Trinajstić information content (AvgIpc) is 2.54. The van der Waals surface area contributed by atoms with Gasteiger partial charge in [0.1, 0.15) is 22.9 Å². The lowest BCUT2D eigenvalue weighted by Gasteiger charge is -2.15. The highest BCUT2D eigenvalue weighted by Gasteiger charge is 2.27. The molecule has 0 saturated carbocycles. The van der Waals surface area contributed by atoms with Crippen LogP contribution < -0.4 is 15.4 Å². The van der Waals surface area contributed by atoms with Gasteiger partial charge < -0.3 is 4.74 Å². The van der Waals surface area contributed by atoms with Crippen molar-refractivity contribution in [2.24, 2.45) is 0 Å². The van der Waals surface area contributed by atoms with E-state index in [2.05, 4.69) is 0 Å². The van der Waals surface area contributed by atoms with Crippen molar-refractivity contribution in [1.29, 1.82) is 0 Å². The molecule has 1 heterocycles. The molecule has 2 aromatic rings. The first-order valence-electron chi connectivity index (χ1n) is 6.94. The van der Waals surface area contributed by atoms with Crippen molar-refractivity contribution >= 4 is 23.9 Å². The van der Waals surface area contributed by atoms with Crippen molar-refractivity contribution in [2.45, 2.75) is 0 Å². The van der Waals surface area contributed by atoms with Crippen LogP contribution in [0.2, 0.25) is 0 Å². The quantitative estimate of drug-likeness (QED) is 0.670. The summed E-state index contributed by atoms with van der Waals surface area (Å²) in [5.41, 5.74) is 0.237. The first kappa shape index (κ1) is 15.4. The van der Waals surface area contributed by atoms with Crippen molar-refractivity contribution in [1.82, 2.24) is 10.6 Å². The first-order chi connectivity index (χ1) is 11.5. The Labute approximate surface area is 135 Å². The number of nitrogens with one attached hydrogen (secondary N) is 2. The third-order valence-electron chi connectivity index (χ3n) is 3.20. The number of carbonyl (C=O) groups excluding carboxylic acids is 3. The number of barbiturate groups is 1. The van der Waals surface area contributed by atoms with E-state index in [-0.39, 0.29) is 5.57 Å². The Bertz CT molecular complexity index is 837. The van der Waals surface area contributed by atoms with Gasteiger partial charge in [0.05, 0.1) is 0 Å². The molecule has 0 atom stereocenters. The van der Waals surface area contributed by atoms with Gasteiger partial charge in [-0.05, 0) is 36.4 Å². The SMILES string of the molecule is O=C1NC(=O)C(=Cc2ccccc2Oc2ccc(F)cc2)C(=O)N1. The van der Waals surface area contributed by atoms with E-state index in [0.29, 0.717) is 17.1 Å². The summed E-state index contributed by atoms with van der Waals surface area (Å²) in [5, 5.41) is 3.99. The second-order valence-electron chi connectivity index (χ2n) is 4.89. The summed E-state index contributed by atoms with van der Waals surface area (Å²) >= 11 is 0. The lowest BCUT2D eigenvalue weighted by Crippen LogP contribution is -2.51. The van der Waals surface area contributed by atoms with E-state index >= 15 is 0 Å². The van der Waals surface area contributed by atoms with E-state index in [9.17, 15) is 18.8 Å². The van der Waals surface area contributed by atoms with Gasteiger partial charge in [-0.1, -0.05) is 18.2 Å². The molecule has 24 heavy (non-hydrogen) atoms. The first-order valence-corrected chi connectivity index (χ1v) is 6.94. The Balaban J connectivity index is 1.93. The van der Waals surface area contributed by atoms with E-state index in [4.69, 9.17) is 4.74 Å². The Morgan fingerprint density at radius 2 is 1.50 bits per heavy atom. The monoisotopic (exact) mass is 326 g/mol. The average molecular weight is 326 g/mol. The van der Waals surface area contributed by atoms with Gasteiger partial charge in [0.2, 0.25) is 0 Å². The number of para-hydroxylation sites is 1. The molecule has 0 radical (unpaired) electrons. The predicted octanol–water partition coefficient (Wildman–Crippen LogP) is 2.37. The van der Waals surface area contributed by atoms with Gasteiger partial charge in [-0.2, -0.15) is 0 Å². The summed E-state index contributed by atoms with van der Waals surface area (Å²) < 4.78 is 18.6. The standard InChI is InChI=1S/C17H11FN2O4/c18-11-5-7-12(8-6-11)24-14-4-2-1-3-10(14)9-13-15(21)19-17(23)20-16(13)22/h1-9H,(H2,19,20,21,22,23). The Hall–Kier alpha value is -3.48. The summed E-state index contributed by atoms with van der Waals surface area (Å²) in [6.45, 7) is 0. The fourth-order valence-electron chi connectivity index (χ4n) is 2.08. The zero-order chi connectivity index (χ0) is 17.1.